The molecule has 5 heteroatoms. The average molecular weight is 268 g/mol. The fourth-order valence-electron chi connectivity index (χ4n) is 1.84. The Morgan fingerprint density at radius 3 is 2.60 bits per heavy atom. The number of anilines is 1. The van der Waals surface area contributed by atoms with E-state index in [0.29, 0.717) is 6.54 Å². The van der Waals surface area contributed by atoms with Crippen LogP contribution < -0.4 is 5.32 Å². The van der Waals surface area contributed by atoms with Crippen LogP contribution in [-0.2, 0) is 6.54 Å². The summed E-state index contributed by atoms with van der Waals surface area (Å²) in [6, 6.07) is 10.3. The standard InChI is InChI=1S/C15H13FN4/c16-13-3-1-12(2-4-13)9-18-14-5-6-15(19-10-14)20-8-7-17-11-20/h1-8,10-11,18H,9H2. The van der Waals surface area contributed by atoms with Crippen molar-refractivity contribution in [2.45, 2.75) is 6.54 Å². The van der Waals surface area contributed by atoms with E-state index >= 15 is 0 Å². The molecule has 4 nitrogen and oxygen atoms in total. The third-order valence-electron chi connectivity index (χ3n) is 2.93. The molecule has 0 saturated carbocycles. The lowest BCUT2D eigenvalue weighted by Gasteiger charge is -2.07. The Morgan fingerprint density at radius 2 is 1.95 bits per heavy atom. The maximum absolute atomic E-state index is 12.8. The number of nitrogens with one attached hydrogen (secondary N) is 1. The molecule has 20 heavy (non-hydrogen) atoms. The van der Waals surface area contributed by atoms with Gasteiger partial charge in [0.15, 0.2) is 0 Å². The second-order valence-corrected chi connectivity index (χ2v) is 4.36. The van der Waals surface area contributed by atoms with E-state index in [1.165, 1.54) is 12.1 Å². The number of rotatable bonds is 4. The molecule has 0 spiro atoms. The lowest BCUT2D eigenvalue weighted by atomic mass is 10.2. The molecule has 100 valence electrons. The van der Waals surface area contributed by atoms with Crippen LogP contribution in [0.1, 0.15) is 5.56 Å². The first-order chi connectivity index (χ1) is 9.81. The largest absolute Gasteiger partial charge is 0.380 e. The maximum atomic E-state index is 12.8. The molecule has 0 atom stereocenters. The van der Waals surface area contributed by atoms with Crippen LogP contribution in [0.15, 0.2) is 61.3 Å². The number of halogens is 1. The van der Waals surface area contributed by atoms with Gasteiger partial charge in [-0.3, -0.25) is 4.57 Å². The zero-order valence-electron chi connectivity index (χ0n) is 10.7. The minimum Gasteiger partial charge on any atom is -0.380 e. The van der Waals surface area contributed by atoms with Crippen molar-refractivity contribution in [2.24, 2.45) is 0 Å². The van der Waals surface area contributed by atoms with Crippen LogP contribution in [0.3, 0.4) is 0 Å². The highest BCUT2D eigenvalue weighted by Crippen LogP contribution is 2.11. The van der Waals surface area contributed by atoms with E-state index in [9.17, 15) is 4.39 Å². The van der Waals surface area contributed by atoms with Gasteiger partial charge in [0, 0.05) is 18.9 Å². The van der Waals surface area contributed by atoms with E-state index in [0.717, 1.165) is 17.1 Å². The summed E-state index contributed by atoms with van der Waals surface area (Å²) in [5.74, 6) is 0.593. The van der Waals surface area contributed by atoms with Crippen LogP contribution in [-0.4, -0.2) is 14.5 Å². The van der Waals surface area contributed by atoms with Crippen molar-refractivity contribution in [3.8, 4) is 5.82 Å². The lowest BCUT2D eigenvalue weighted by Crippen LogP contribution is -2.01. The number of hydrogen-bond acceptors (Lipinski definition) is 3. The molecule has 0 aliphatic rings. The van der Waals surface area contributed by atoms with Gasteiger partial charge in [0.2, 0.25) is 0 Å². The first-order valence-electron chi connectivity index (χ1n) is 6.24. The minimum atomic E-state index is -0.222. The van der Waals surface area contributed by atoms with Gasteiger partial charge in [-0.1, -0.05) is 12.1 Å². The second-order valence-electron chi connectivity index (χ2n) is 4.36. The first-order valence-corrected chi connectivity index (χ1v) is 6.24. The van der Waals surface area contributed by atoms with Crippen LogP contribution in [0.2, 0.25) is 0 Å². The van der Waals surface area contributed by atoms with Crippen LogP contribution in [0, 0.1) is 5.82 Å². The maximum Gasteiger partial charge on any atom is 0.137 e. The van der Waals surface area contributed by atoms with Gasteiger partial charge in [-0.25, -0.2) is 14.4 Å². The molecule has 0 radical (unpaired) electrons. The van der Waals surface area contributed by atoms with E-state index in [1.807, 2.05) is 22.9 Å². The fraction of sp³-hybridized carbons (Fsp3) is 0.0667. The van der Waals surface area contributed by atoms with Crippen molar-refractivity contribution in [1.29, 1.82) is 0 Å². The monoisotopic (exact) mass is 268 g/mol. The summed E-state index contributed by atoms with van der Waals surface area (Å²) in [5, 5.41) is 3.24. The number of pyridine rings is 1. The molecule has 0 bridgehead atoms. The molecule has 0 aliphatic carbocycles. The van der Waals surface area contributed by atoms with Crippen molar-refractivity contribution in [3.05, 3.63) is 72.7 Å². The summed E-state index contributed by atoms with van der Waals surface area (Å²) in [6.45, 7) is 0.631. The highest BCUT2D eigenvalue weighted by atomic mass is 19.1. The summed E-state index contributed by atoms with van der Waals surface area (Å²) in [5.41, 5.74) is 1.93. The van der Waals surface area contributed by atoms with Crippen molar-refractivity contribution < 1.29 is 4.39 Å². The molecule has 0 unspecified atom stereocenters. The van der Waals surface area contributed by atoms with Gasteiger partial charge < -0.3 is 5.32 Å². The lowest BCUT2D eigenvalue weighted by molar-refractivity contribution is 0.627. The normalized spacial score (nSPS) is 10.4. The van der Waals surface area contributed by atoms with Crippen LogP contribution in [0.4, 0.5) is 10.1 Å². The summed E-state index contributed by atoms with van der Waals surface area (Å²) in [4.78, 5) is 8.33. The van der Waals surface area contributed by atoms with Crippen LogP contribution in [0.25, 0.3) is 5.82 Å². The van der Waals surface area contributed by atoms with E-state index < -0.39 is 0 Å². The topological polar surface area (TPSA) is 42.7 Å². The van der Waals surface area contributed by atoms with Crippen LogP contribution in [0.5, 0.6) is 0 Å². The molecule has 2 aromatic heterocycles. The summed E-state index contributed by atoms with van der Waals surface area (Å²) >= 11 is 0. The Hall–Kier alpha value is -2.69. The predicted octanol–water partition coefficient (Wildman–Crippen LogP) is 3.02. The zero-order valence-corrected chi connectivity index (χ0v) is 10.7. The average Bonchev–Trinajstić information content (AvgIpc) is 3.01. The number of hydrogen-bond donors (Lipinski definition) is 1. The molecule has 0 amide bonds. The zero-order chi connectivity index (χ0) is 13.8. The van der Waals surface area contributed by atoms with Gasteiger partial charge in [0.1, 0.15) is 18.0 Å². The van der Waals surface area contributed by atoms with Gasteiger partial charge in [0.25, 0.3) is 0 Å². The number of imidazole rings is 1. The van der Waals surface area contributed by atoms with E-state index in [4.69, 9.17) is 0 Å². The van der Waals surface area contributed by atoms with Crippen molar-refractivity contribution in [1.82, 2.24) is 14.5 Å². The third kappa shape index (κ3) is 2.83. The molecule has 0 fully saturated rings. The number of benzene rings is 1. The van der Waals surface area contributed by atoms with Crippen LogP contribution >= 0.6 is 0 Å². The second kappa shape index (κ2) is 5.52. The Balaban J connectivity index is 1.65. The minimum absolute atomic E-state index is 0.222. The Labute approximate surface area is 115 Å². The summed E-state index contributed by atoms with van der Waals surface area (Å²) in [7, 11) is 0. The third-order valence-corrected chi connectivity index (χ3v) is 2.93. The molecular formula is C15H13FN4. The highest BCUT2D eigenvalue weighted by molar-refractivity contribution is 5.44. The molecule has 2 heterocycles. The van der Waals surface area contributed by atoms with Gasteiger partial charge in [-0.05, 0) is 29.8 Å². The first kappa shape index (κ1) is 12.3. The Morgan fingerprint density at radius 1 is 1.10 bits per heavy atom. The summed E-state index contributed by atoms with van der Waals surface area (Å²) < 4.78 is 14.6. The van der Waals surface area contributed by atoms with Crippen molar-refractivity contribution in [2.75, 3.05) is 5.32 Å². The Bertz CT molecular complexity index is 660. The summed E-state index contributed by atoms with van der Waals surface area (Å²) in [6.07, 6.45) is 7.02. The van der Waals surface area contributed by atoms with E-state index in [2.05, 4.69) is 15.3 Å². The van der Waals surface area contributed by atoms with Gasteiger partial charge in [0.05, 0.1) is 11.9 Å². The highest BCUT2D eigenvalue weighted by Gasteiger charge is 1.98. The molecule has 0 saturated heterocycles. The smallest absolute Gasteiger partial charge is 0.137 e. The molecule has 0 aliphatic heterocycles. The van der Waals surface area contributed by atoms with Crippen molar-refractivity contribution in [3.63, 3.8) is 0 Å². The molecule has 3 rings (SSSR count). The van der Waals surface area contributed by atoms with Gasteiger partial charge in [-0.2, -0.15) is 0 Å². The molecule has 1 N–H and O–H groups in total. The molecular weight excluding hydrogens is 255 g/mol. The van der Waals surface area contributed by atoms with Gasteiger partial charge in [-0.15, -0.1) is 0 Å². The van der Waals surface area contributed by atoms with Crippen molar-refractivity contribution >= 4 is 5.69 Å². The molecule has 3 aromatic rings. The fourth-order valence-corrected chi connectivity index (χ4v) is 1.84. The van der Waals surface area contributed by atoms with E-state index in [-0.39, 0.29) is 5.82 Å². The predicted molar refractivity (Wildman–Crippen MR) is 75.1 cm³/mol. The number of nitrogens with zero attached hydrogens (tertiary/aromatic N) is 3. The quantitative estimate of drug-likeness (QED) is 0.791. The molecule has 1 aromatic carbocycles. The Kier molecular flexibility index (Phi) is 3.41. The van der Waals surface area contributed by atoms with Gasteiger partial charge >= 0.3 is 0 Å². The number of aromatic nitrogens is 3. The van der Waals surface area contributed by atoms with E-state index in [1.54, 1.807) is 30.9 Å². The SMILES string of the molecule is Fc1ccc(CNc2ccc(-n3ccnc3)nc2)cc1.